The maximum atomic E-state index is 12.8. The molecule has 1 aliphatic rings. The quantitative estimate of drug-likeness (QED) is 0.848. The van der Waals surface area contributed by atoms with E-state index in [4.69, 9.17) is 5.73 Å². The summed E-state index contributed by atoms with van der Waals surface area (Å²) >= 11 is 0. The Morgan fingerprint density at radius 3 is 2.71 bits per heavy atom. The lowest BCUT2D eigenvalue weighted by atomic mass is 10.0. The van der Waals surface area contributed by atoms with Crippen molar-refractivity contribution < 1.29 is 9.18 Å². The zero-order chi connectivity index (χ0) is 15.2. The van der Waals surface area contributed by atoms with E-state index in [1.807, 2.05) is 11.8 Å². The number of hydrogen-bond donors (Lipinski definition) is 1. The van der Waals surface area contributed by atoms with Gasteiger partial charge in [0.15, 0.2) is 0 Å². The van der Waals surface area contributed by atoms with Crippen LogP contribution < -0.4 is 5.73 Å². The summed E-state index contributed by atoms with van der Waals surface area (Å²) in [6.07, 6.45) is 6.58. The van der Waals surface area contributed by atoms with Crippen LogP contribution in [0, 0.1) is 11.7 Å². The lowest BCUT2D eigenvalue weighted by molar-refractivity contribution is -0.128. The summed E-state index contributed by atoms with van der Waals surface area (Å²) in [6, 6.07) is 6.36. The van der Waals surface area contributed by atoms with E-state index < -0.39 is 0 Å². The number of halogens is 1. The van der Waals surface area contributed by atoms with Crippen LogP contribution in [0.25, 0.3) is 6.08 Å². The van der Waals surface area contributed by atoms with E-state index in [0.717, 1.165) is 24.8 Å². The third-order valence-corrected chi connectivity index (χ3v) is 4.23. The summed E-state index contributed by atoms with van der Waals surface area (Å²) in [5.74, 6) is 0.144. The molecule has 0 aliphatic heterocycles. The normalized spacial score (nSPS) is 21.9. The van der Waals surface area contributed by atoms with Gasteiger partial charge in [-0.3, -0.25) is 4.79 Å². The Balaban J connectivity index is 2.04. The summed E-state index contributed by atoms with van der Waals surface area (Å²) in [5.41, 5.74) is 6.63. The Bertz CT molecular complexity index is 498. The minimum atomic E-state index is -0.273. The maximum Gasteiger partial charge on any atom is 0.246 e. The zero-order valence-electron chi connectivity index (χ0n) is 12.5. The van der Waals surface area contributed by atoms with Crippen LogP contribution in [-0.4, -0.2) is 29.9 Å². The summed E-state index contributed by atoms with van der Waals surface area (Å²) in [7, 11) is 0. The van der Waals surface area contributed by atoms with Gasteiger partial charge in [-0.05, 0) is 56.0 Å². The highest BCUT2D eigenvalue weighted by Crippen LogP contribution is 2.29. The van der Waals surface area contributed by atoms with Crippen molar-refractivity contribution in [2.75, 3.05) is 13.1 Å². The Kier molecular flexibility index (Phi) is 5.51. The van der Waals surface area contributed by atoms with Crippen LogP contribution in [0.2, 0.25) is 0 Å². The van der Waals surface area contributed by atoms with Crippen LogP contribution in [-0.2, 0) is 4.79 Å². The van der Waals surface area contributed by atoms with E-state index in [9.17, 15) is 9.18 Å². The van der Waals surface area contributed by atoms with Crippen molar-refractivity contribution >= 4 is 12.0 Å². The molecule has 1 saturated carbocycles. The molecule has 4 heteroatoms. The van der Waals surface area contributed by atoms with E-state index in [-0.39, 0.29) is 17.8 Å². The second kappa shape index (κ2) is 7.36. The van der Waals surface area contributed by atoms with Gasteiger partial charge in [-0.15, -0.1) is 0 Å². The fourth-order valence-corrected chi connectivity index (χ4v) is 3.09. The first-order chi connectivity index (χ1) is 10.2. The number of nitrogens with zero attached hydrogens (tertiary/aromatic N) is 1. The standard InChI is InChI=1S/C17H23FN2O/c1-2-20(16-5-3-4-14(16)12-19)17(21)11-8-13-6-9-15(18)10-7-13/h6-11,14,16H,2-5,12,19H2,1H3. The second-order valence-electron chi connectivity index (χ2n) is 5.50. The Hall–Kier alpha value is -1.68. The highest BCUT2D eigenvalue weighted by molar-refractivity contribution is 5.92. The van der Waals surface area contributed by atoms with E-state index in [0.29, 0.717) is 19.0 Å². The summed E-state index contributed by atoms with van der Waals surface area (Å²) in [5, 5.41) is 0. The number of likely N-dealkylation sites (N-methyl/N-ethyl adjacent to an activating group) is 1. The van der Waals surface area contributed by atoms with Crippen molar-refractivity contribution in [1.29, 1.82) is 0 Å². The number of nitrogens with two attached hydrogens (primary N) is 1. The highest BCUT2D eigenvalue weighted by Gasteiger charge is 2.32. The van der Waals surface area contributed by atoms with Gasteiger partial charge in [0.1, 0.15) is 5.82 Å². The number of carbonyl (C=O) groups excluding carboxylic acids is 1. The topological polar surface area (TPSA) is 46.3 Å². The second-order valence-corrected chi connectivity index (χ2v) is 5.50. The monoisotopic (exact) mass is 290 g/mol. The number of benzene rings is 1. The Morgan fingerprint density at radius 1 is 1.38 bits per heavy atom. The molecule has 3 nitrogen and oxygen atoms in total. The molecular formula is C17H23FN2O. The molecule has 0 spiro atoms. The average Bonchev–Trinajstić information content (AvgIpc) is 2.96. The molecule has 114 valence electrons. The van der Waals surface area contributed by atoms with Crippen molar-refractivity contribution in [3.63, 3.8) is 0 Å². The maximum absolute atomic E-state index is 12.8. The van der Waals surface area contributed by atoms with Gasteiger partial charge in [0.25, 0.3) is 0 Å². The van der Waals surface area contributed by atoms with Gasteiger partial charge in [-0.1, -0.05) is 18.6 Å². The molecule has 1 aromatic carbocycles. The fraction of sp³-hybridized carbons (Fsp3) is 0.471. The molecule has 0 aromatic heterocycles. The molecule has 1 fully saturated rings. The first kappa shape index (κ1) is 15.7. The number of amides is 1. The largest absolute Gasteiger partial charge is 0.336 e. The smallest absolute Gasteiger partial charge is 0.246 e. The van der Waals surface area contributed by atoms with Crippen molar-refractivity contribution in [2.24, 2.45) is 11.7 Å². The molecule has 0 heterocycles. The summed E-state index contributed by atoms with van der Waals surface area (Å²) < 4.78 is 12.8. The number of hydrogen-bond acceptors (Lipinski definition) is 2. The summed E-state index contributed by atoms with van der Waals surface area (Å²) in [4.78, 5) is 14.3. The predicted octanol–water partition coefficient (Wildman–Crippen LogP) is 2.81. The lowest BCUT2D eigenvalue weighted by Gasteiger charge is -2.31. The molecule has 1 aromatic rings. The van der Waals surface area contributed by atoms with Crippen LogP contribution in [0.3, 0.4) is 0 Å². The van der Waals surface area contributed by atoms with Crippen LogP contribution in [0.4, 0.5) is 4.39 Å². The molecular weight excluding hydrogens is 267 g/mol. The highest BCUT2D eigenvalue weighted by atomic mass is 19.1. The third-order valence-electron chi connectivity index (χ3n) is 4.23. The van der Waals surface area contributed by atoms with Crippen molar-refractivity contribution in [3.8, 4) is 0 Å². The fourth-order valence-electron chi connectivity index (χ4n) is 3.09. The van der Waals surface area contributed by atoms with Crippen LogP contribution >= 0.6 is 0 Å². The van der Waals surface area contributed by atoms with Crippen LogP contribution in [0.15, 0.2) is 30.3 Å². The van der Waals surface area contributed by atoms with Crippen LogP contribution in [0.1, 0.15) is 31.7 Å². The molecule has 0 bridgehead atoms. The van der Waals surface area contributed by atoms with E-state index in [1.54, 1.807) is 24.3 Å². The first-order valence-electron chi connectivity index (χ1n) is 7.60. The molecule has 21 heavy (non-hydrogen) atoms. The molecule has 1 aliphatic carbocycles. The van der Waals surface area contributed by atoms with E-state index >= 15 is 0 Å². The third kappa shape index (κ3) is 3.91. The lowest BCUT2D eigenvalue weighted by Crippen LogP contribution is -2.43. The van der Waals surface area contributed by atoms with Crippen molar-refractivity contribution in [1.82, 2.24) is 4.90 Å². The molecule has 2 unspecified atom stereocenters. The number of carbonyl (C=O) groups is 1. The molecule has 2 N–H and O–H groups in total. The van der Waals surface area contributed by atoms with Gasteiger partial charge in [0.2, 0.25) is 5.91 Å². The van der Waals surface area contributed by atoms with Crippen LogP contribution in [0.5, 0.6) is 0 Å². The minimum Gasteiger partial charge on any atom is -0.336 e. The zero-order valence-corrected chi connectivity index (χ0v) is 12.5. The minimum absolute atomic E-state index is 0.00664. The number of rotatable bonds is 5. The SMILES string of the molecule is CCN(C(=O)C=Cc1ccc(F)cc1)C1CCCC1CN. The van der Waals surface area contributed by atoms with Gasteiger partial charge < -0.3 is 10.6 Å². The van der Waals surface area contributed by atoms with Gasteiger partial charge in [-0.25, -0.2) is 4.39 Å². The van der Waals surface area contributed by atoms with Crippen molar-refractivity contribution in [3.05, 3.63) is 41.7 Å². The Labute approximate surface area is 125 Å². The first-order valence-corrected chi connectivity index (χ1v) is 7.60. The van der Waals surface area contributed by atoms with E-state index in [2.05, 4.69) is 0 Å². The van der Waals surface area contributed by atoms with E-state index in [1.165, 1.54) is 12.1 Å². The van der Waals surface area contributed by atoms with Crippen molar-refractivity contribution in [2.45, 2.75) is 32.2 Å². The Morgan fingerprint density at radius 2 is 2.10 bits per heavy atom. The van der Waals surface area contributed by atoms with Gasteiger partial charge in [0, 0.05) is 18.7 Å². The molecule has 0 saturated heterocycles. The molecule has 1 amide bonds. The predicted molar refractivity (Wildman–Crippen MR) is 83.0 cm³/mol. The molecule has 2 atom stereocenters. The van der Waals surface area contributed by atoms with Gasteiger partial charge in [0.05, 0.1) is 0 Å². The molecule has 0 radical (unpaired) electrons. The average molecular weight is 290 g/mol. The van der Waals surface area contributed by atoms with Gasteiger partial charge in [-0.2, -0.15) is 0 Å². The molecule has 2 rings (SSSR count). The van der Waals surface area contributed by atoms with Gasteiger partial charge >= 0.3 is 0 Å². The summed E-state index contributed by atoms with van der Waals surface area (Å²) in [6.45, 7) is 3.32.